The number of carbonyl (C=O) groups is 1. The summed E-state index contributed by atoms with van der Waals surface area (Å²) in [6.07, 6.45) is 0. The van der Waals surface area contributed by atoms with Crippen molar-refractivity contribution in [2.24, 2.45) is 0 Å². The second-order valence-electron chi connectivity index (χ2n) is 5.45. The van der Waals surface area contributed by atoms with E-state index in [9.17, 15) is 9.90 Å². The number of carboxylic acids is 1. The van der Waals surface area contributed by atoms with E-state index in [4.69, 9.17) is 6.57 Å². The van der Waals surface area contributed by atoms with E-state index in [2.05, 4.69) is 15.9 Å². The fourth-order valence-electron chi connectivity index (χ4n) is 2.53. The first-order valence-electron chi connectivity index (χ1n) is 7.29. The van der Waals surface area contributed by atoms with Gasteiger partial charge in [0.15, 0.2) is 0 Å². The van der Waals surface area contributed by atoms with Crippen molar-refractivity contribution in [3.8, 4) is 21.3 Å². The number of rotatable bonds is 3. The average Bonchev–Trinajstić information content (AvgIpc) is 2.96. The minimum atomic E-state index is -0.909. The quantitative estimate of drug-likeness (QED) is 0.543. The molecule has 0 bridgehead atoms. The van der Waals surface area contributed by atoms with Crippen molar-refractivity contribution in [1.82, 2.24) is 4.98 Å². The van der Waals surface area contributed by atoms with Gasteiger partial charge in [-0.3, -0.25) is 0 Å². The Balaban J connectivity index is 2.09. The monoisotopic (exact) mass is 382 g/mol. The van der Waals surface area contributed by atoms with Crippen molar-refractivity contribution in [1.29, 1.82) is 0 Å². The number of nitrogens with zero attached hydrogens (tertiary/aromatic N) is 2. The normalized spacial score (nSPS) is 10.4. The standard InChI is InChI=1S/C19H14N2O2Se/c1-11-5-4-6-13(9-11)15-8-7-14(10-16(15)20-3)18-21-12(2)17(24-18)19(22)23/h4-10H,1-2H3,(H,22,23). The summed E-state index contributed by atoms with van der Waals surface area (Å²) in [5.74, 6) is -0.909. The maximum absolute atomic E-state index is 11.2. The molecular weight excluding hydrogens is 367 g/mol. The Morgan fingerprint density at radius 3 is 2.58 bits per heavy atom. The molecule has 0 unspecified atom stereocenters. The van der Waals surface area contributed by atoms with Gasteiger partial charge >= 0.3 is 146 Å². The van der Waals surface area contributed by atoms with E-state index in [1.54, 1.807) is 6.92 Å². The third kappa shape index (κ3) is 3.03. The predicted molar refractivity (Wildman–Crippen MR) is 94.7 cm³/mol. The van der Waals surface area contributed by atoms with E-state index in [-0.39, 0.29) is 14.5 Å². The number of hydrogen-bond acceptors (Lipinski definition) is 2. The molecule has 0 amide bonds. The van der Waals surface area contributed by atoms with Gasteiger partial charge in [0.05, 0.1) is 0 Å². The van der Waals surface area contributed by atoms with Gasteiger partial charge in [-0.2, -0.15) is 0 Å². The number of carboxylic acid groups (broad SMARTS) is 1. The van der Waals surface area contributed by atoms with Crippen LogP contribution in [0.4, 0.5) is 5.69 Å². The molecule has 0 saturated heterocycles. The van der Waals surface area contributed by atoms with Crippen molar-refractivity contribution in [2.75, 3.05) is 0 Å². The first-order valence-corrected chi connectivity index (χ1v) is 9.00. The van der Waals surface area contributed by atoms with Crippen LogP contribution in [0, 0.1) is 20.4 Å². The van der Waals surface area contributed by atoms with Gasteiger partial charge in [-0.05, 0) is 0 Å². The molecule has 0 aliphatic heterocycles. The third-order valence-corrected chi connectivity index (χ3v) is 6.19. The van der Waals surface area contributed by atoms with Crippen molar-refractivity contribution in [3.05, 3.63) is 69.6 Å². The first kappa shape index (κ1) is 16.2. The van der Waals surface area contributed by atoms with Crippen molar-refractivity contribution in [2.45, 2.75) is 13.8 Å². The van der Waals surface area contributed by atoms with Gasteiger partial charge in [0.1, 0.15) is 0 Å². The Bertz CT molecular complexity index is 983. The van der Waals surface area contributed by atoms with Crippen LogP contribution in [-0.4, -0.2) is 30.6 Å². The predicted octanol–water partition coefficient (Wildman–Crippen LogP) is 4.34. The minimum absolute atomic E-state index is 0.333. The van der Waals surface area contributed by atoms with Crippen molar-refractivity contribution < 1.29 is 9.90 Å². The first-order chi connectivity index (χ1) is 11.5. The zero-order valence-corrected chi connectivity index (χ0v) is 14.9. The summed E-state index contributed by atoms with van der Waals surface area (Å²) in [4.78, 5) is 19.3. The molecule has 3 rings (SSSR count). The van der Waals surface area contributed by atoms with Gasteiger partial charge in [0.2, 0.25) is 0 Å². The molecule has 0 spiro atoms. The van der Waals surface area contributed by atoms with Crippen LogP contribution in [0.5, 0.6) is 0 Å². The molecule has 1 N–H and O–H groups in total. The number of aromatic nitrogens is 1. The Labute approximate surface area is 146 Å². The van der Waals surface area contributed by atoms with Gasteiger partial charge in [0.25, 0.3) is 0 Å². The Morgan fingerprint density at radius 2 is 1.96 bits per heavy atom. The van der Waals surface area contributed by atoms with Crippen LogP contribution in [0.15, 0.2) is 42.5 Å². The van der Waals surface area contributed by atoms with Crippen LogP contribution in [0.1, 0.15) is 20.5 Å². The molecule has 3 aromatic rings. The summed E-state index contributed by atoms with van der Waals surface area (Å²) in [5, 5.41) is 9.20. The molecule has 0 radical (unpaired) electrons. The van der Waals surface area contributed by atoms with Gasteiger partial charge in [-0.25, -0.2) is 0 Å². The Morgan fingerprint density at radius 1 is 1.17 bits per heavy atom. The fourth-order valence-corrected chi connectivity index (χ4v) is 4.42. The van der Waals surface area contributed by atoms with Crippen LogP contribution in [-0.2, 0) is 0 Å². The SMILES string of the molecule is [C-]#[N+]c1cc(-c2nc(C)c(C(=O)O)[se]2)ccc1-c1cccc(C)c1. The van der Waals surface area contributed by atoms with E-state index < -0.39 is 5.97 Å². The van der Waals surface area contributed by atoms with Crippen molar-refractivity contribution >= 4 is 26.2 Å². The van der Waals surface area contributed by atoms with Crippen LogP contribution < -0.4 is 0 Å². The van der Waals surface area contributed by atoms with Crippen LogP contribution in [0.3, 0.4) is 0 Å². The number of aryl methyl sites for hydroxylation is 2. The molecule has 4 nitrogen and oxygen atoms in total. The summed E-state index contributed by atoms with van der Waals surface area (Å²) in [6.45, 7) is 11.2. The molecule has 118 valence electrons. The van der Waals surface area contributed by atoms with Gasteiger partial charge in [-0.15, -0.1) is 0 Å². The fraction of sp³-hybridized carbons (Fsp3) is 0.105. The van der Waals surface area contributed by atoms with E-state index in [1.807, 2.05) is 43.3 Å². The molecule has 0 saturated carbocycles. The molecule has 2 aromatic carbocycles. The molecule has 24 heavy (non-hydrogen) atoms. The topological polar surface area (TPSA) is 54.5 Å². The van der Waals surface area contributed by atoms with Gasteiger partial charge in [-0.1, -0.05) is 0 Å². The van der Waals surface area contributed by atoms with E-state index in [1.165, 1.54) is 0 Å². The second-order valence-corrected chi connectivity index (χ2v) is 7.55. The molecule has 0 aliphatic rings. The van der Waals surface area contributed by atoms with Gasteiger partial charge < -0.3 is 0 Å². The summed E-state index contributed by atoms with van der Waals surface area (Å²) in [5.41, 5.74) is 4.97. The van der Waals surface area contributed by atoms with E-state index in [0.29, 0.717) is 15.8 Å². The molecule has 0 fully saturated rings. The van der Waals surface area contributed by atoms with E-state index in [0.717, 1.165) is 26.8 Å². The molecule has 1 aromatic heterocycles. The zero-order valence-electron chi connectivity index (χ0n) is 13.2. The summed E-state index contributed by atoms with van der Waals surface area (Å²) in [7, 11) is 0. The van der Waals surface area contributed by atoms with Crippen molar-refractivity contribution in [3.63, 3.8) is 0 Å². The molecule has 0 atom stereocenters. The summed E-state index contributed by atoms with van der Waals surface area (Å²) >= 11 is -0.333. The summed E-state index contributed by atoms with van der Waals surface area (Å²) < 4.78 is 1.14. The summed E-state index contributed by atoms with van der Waals surface area (Å²) in [6, 6.07) is 13.7. The molecule has 0 aliphatic carbocycles. The molecule has 5 heteroatoms. The van der Waals surface area contributed by atoms with E-state index >= 15 is 0 Å². The second kappa shape index (κ2) is 6.45. The Kier molecular flexibility index (Phi) is 4.35. The Hall–Kier alpha value is -2.67. The maximum atomic E-state index is 11.2. The number of hydrogen-bond donors (Lipinski definition) is 1. The van der Waals surface area contributed by atoms with Crippen LogP contribution in [0.25, 0.3) is 26.1 Å². The third-order valence-electron chi connectivity index (χ3n) is 3.69. The van der Waals surface area contributed by atoms with Crippen LogP contribution >= 0.6 is 0 Å². The van der Waals surface area contributed by atoms with Gasteiger partial charge in [0, 0.05) is 0 Å². The number of benzene rings is 2. The zero-order chi connectivity index (χ0) is 17.3. The average molecular weight is 381 g/mol. The van der Waals surface area contributed by atoms with Crippen LogP contribution in [0.2, 0.25) is 0 Å². The molecule has 1 heterocycles. The number of aromatic carboxylic acids is 1. The molecular formula is C19H14N2O2Se.